The quantitative estimate of drug-likeness (QED) is 0.160. The highest BCUT2D eigenvalue weighted by Crippen LogP contribution is 2.65. The van der Waals surface area contributed by atoms with Crippen LogP contribution in [0.25, 0.3) is 44.0 Å². The van der Waals surface area contributed by atoms with Gasteiger partial charge in [-0.2, -0.15) is 0 Å². The van der Waals surface area contributed by atoms with Crippen LogP contribution in [0.15, 0.2) is 247 Å². The van der Waals surface area contributed by atoms with Crippen LogP contribution in [0.4, 0.5) is 34.1 Å². The molecule has 0 saturated heterocycles. The molecule has 1 atom stereocenters. The van der Waals surface area contributed by atoms with E-state index >= 15 is 0 Å². The van der Waals surface area contributed by atoms with Gasteiger partial charge < -0.3 is 19.0 Å². The van der Waals surface area contributed by atoms with Crippen molar-refractivity contribution in [3.8, 4) is 33.8 Å². The topological polar surface area (TPSA) is 28.9 Å². The second kappa shape index (κ2) is 14.8. The van der Waals surface area contributed by atoms with Gasteiger partial charge in [-0.05, 0) is 124 Å². The standard InChI is InChI=1S/C61H40N2O2/c1-5-19-41(20-6-1)47-37-38-56(51-28-14-13-27-48(47)51)63(44-25-11-4-12-26-44)46-34-36-50-49-35-33-45(62(42-21-7-2-8-22-42)43-23-9-3-10-24-43)39-54(49)61(55(50)40-46)53-30-16-18-32-58(53)64-59-52-29-15-17-31-57(52)65-60(59)61/h1-40H. The van der Waals surface area contributed by atoms with E-state index in [2.05, 4.69) is 240 Å². The van der Waals surface area contributed by atoms with Crippen LogP contribution in [0.2, 0.25) is 0 Å². The van der Waals surface area contributed by atoms with Crippen molar-refractivity contribution < 1.29 is 9.15 Å². The third kappa shape index (κ3) is 5.64. The fraction of sp³-hybridized carbons (Fsp3) is 0.0164. The zero-order chi connectivity index (χ0) is 42.9. The number of para-hydroxylation sites is 5. The van der Waals surface area contributed by atoms with E-state index in [1.54, 1.807) is 0 Å². The van der Waals surface area contributed by atoms with Crippen LogP contribution < -0.4 is 14.5 Å². The number of hydrogen-bond donors (Lipinski definition) is 0. The molecule has 0 fully saturated rings. The predicted octanol–water partition coefficient (Wildman–Crippen LogP) is 16.7. The first-order chi connectivity index (χ1) is 32.3. The molecule has 65 heavy (non-hydrogen) atoms. The molecular formula is C61H40N2O2. The van der Waals surface area contributed by atoms with Crippen LogP contribution in [0.3, 0.4) is 0 Å². The Bertz CT molecular complexity index is 3550. The molecule has 1 unspecified atom stereocenters. The number of benzene rings is 10. The molecular weight excluding hydrogens is 793 g/mol. The summed E-state index contributed by atoms with van der Waals surface area (Å²) in [6.07, 6.45) is 0. The van der Waals surface area contributed by atoms with Crippen LogP contribution in [0.1, 0.15) is 22.5 Å². The zero-order valence-electron chi connectivity index (χ0n) is 35.3. The SMILES string of the molecule is c1ccc(-c2ccc(N(c3ccccc3)c3ccc4c(c3)C3(c5ccccc5Oc5c3oc3ccccc53)c3cc(N(c5ccccc5)c5ccccc5)ccc3-4)c3ccccc23)cc1. The number of fused-ring (bicyclic) bond motifs is 12. The minimum Gasteiger partial charge on any atom is -0.455 e. The molecule has 0 radical (unpaired) electrons. The summed E-state index contributed by atoms with van der Waals surface area (Å²) in [5, 5.41) is 3.31. The summed E-state index contributed by atoms with van der Waals surface area (Å²) >= 11 is 0. The van der Waals surface area contributed by atoms with Crippen molar-refractivity contribution in [2.45, 2.75) is 5.41 Å². The Balaban J connectivity index is 1.10. The van der Waals surface area contributed by atoms with Gasteiger partial charge in [0.25, 0.3) is 0 Å². The molecule has 2 heterocycles. The van der Waals surface area contributed by atoms with E-state index in [-0.39, 0.29) is 0 Å². The van der Waals surface area contributed by atoms with E-state index in [9.17, 15) is 0 Å². The van der Waals surface area contributed by atoms with Crippen molar-refractivity contribution in [2.75, 3.05) is 9.80 Å². The molecule has 1 aromatic heterocycles. The molecule has 4 heteroatoms. The number of hydrogen-bond acceptors (Lipinski definition) is 4. The van der Waals surface area contributed by atoms with Gasteiger partial charge in [0.2, 0.25) is 0 Å². The first kappa shape index (κ1) is 37.0. The lowest BCUT2D eigenvalue weighted by Gasteiger charge is -2.37. The fourth-order valence-electron chi connectivity index (χ4n) is 10.5. The number of ether oxygens (including phenoxy) is 1. The highest BCUT2D eigenvalue weighted by Gasteiger charge is 2.55. The molecule has 0 saturated carbocycles. The smallest absolute Gasteiger partial charge is 0.178 e. The van der Waals surface area contributed by atoms with Gasteiger partial charge in [-0.3, -0.25) is 0 Å². The van der Waals surface area contributed by atoms with Crippen molar-refractivity contribution in [1.82, 2.24) is 0 Å². The maximum Gasteiger partial charge on any atom is 0.178 e. The average molecular weight is 833 g/mol. The van der Waals surface area contributed by atoms with Gasteiger partial charge in [0.1, 0.15) is 16.7 Å². The number of rotatable bonds is 7. The van der Waals surface area contributed by atoms with Gasteiger partial charge in [0, 0.05) is 39.4 Å². The Morgan fingerprint density at radius 1 is 0.338 bits per heavy atom. The normalized spacial score (nSPS) is 14.3. The largest absolute Gasteiger partial charge is 0.455 e. The van der Waals surface area contributed by atoms with Gasteiger partial charge >= 0.3 is 0 Å². The monoisotopic (exact) mass is 832 g/mol. The third-order valence-electron chi connectivity index (χ3n) is 13.3. The summed E-state index contributed by atoms with van der Waals surface area (Å²) in [6.45, 7) is 0. The van der Waals surface area contributed by atoms with E-state index < -0.39 is 5.41 Å². The van der Waals surface area contributed by atoms with Crippen molar-refractivity contribution in [3.63, 3.8) is 0 Å². The van der Waals surface area contributed by atoms with Gasteiger partial charge in [0.15, 0.2) is 11.5 Å². The van der Waals surface area contributed by atoms with Crippen LogP contribution in [0.5, 0.6) is 11.5 Å². The lowest BCUT2D eigenvalue weighted by atomic mass is 9.68. The van der Waals surface area contributed by atoms with Gasteiger partial charge in [0.05, 0.1) is 11.1 Å². The molecule has 1 spiro atoms. The highest BCUT2D eigenvalue weighted by atomic mass is 16.5. The van der Waals surface area contributed by atoms with E-state index in [4.69, 9.17) is 9.15 Å². The molecule has 13 rings (SSSR count). The Kier molecular flexibility index (Phi) is 8.40. The molecule has 0 N–H and O–H groups in total. The molecule has 2 aliphatic rings. The second-order valence-electron chi connectivity index (χ2n) is 16.8. The van der Waals surface area contributed by atoms with Gasteiger partial charge in [-0.25, -0.2) is 0 Å². The molecule has 4 nitrogen and oxygen atoms in total. The minimum absolute atomic E-state index is 0.749. The van der Waals surface area contributed by atoms with E-state index in [1.165, 1.54) is 21.9 Å². The Morgan fingerprint density at radius 2 is 0.831 bits per heavy atom. The molecule has 11 aromatic rings. The predicted molar refractivity (Wildman–Crippen MR) is 266 cm³/mol. The van der Waals surface area contributed by atoms with Crippen molar-refractivity contribution >= 4 is 55.9 Å². The third-order valence-corrected chi connectivity index (χ3v) is 13.3. The second-order valence-corrected chi connectivity index (χ2v) is 16.8. The van der Waals surface area contributed by atoms with Gasteiger partial charge in [-0.1, -0.05) is 158 Å². The van der Waals surface area contributed by atoms with Crippen LogP contribution in [0, 0.1) is 0 Å². The van der Waals surface area contributed by atoms with Crippen LogP contribution in [-0.2, 0) is 5.41 Å². The molecule has 1 aliphatic heterocycles. The summed E-state index contributed by atoms with van der Waals surface area (Å²) in [6, 6.07) is 86.7. The maximum absolute atomic E-state index is 7.20. The van der Waals surface area contributed by atoms with Crippen molar-refractivity contribution in [2.24, 2.45) is 0 Å². The lowest BCUT2D eigenvalue weighted by molar-refractivity contribution is 0.389. The molecule has 10 aromatic carbocycles. The Morgan fingerprint density at radius 3 is 1.48 bits per heavy atom. The highest BCUT2D eigenvalue weighted by molar-refractivity contribution is 6.06. The summed E-state index contributed by atoms with van der Waals surface area (Å²) in [4.78, 5) is 4.76. The van der Waals surface area contributed by atoms with Gasteiger partial charge in [-0.15, -0.1) is 0 Å². The summed E-state index contributed by atoms with van der Waals surface area (Å²) in [5.41, 5.74) is 14.3. The summed E-state index contributed by atoms with van der Waals surface area (Å²) in [5.74, 6) is 2.34. The van der Waals surface area contributed by atoms with Crippen LogP contribution >= 0.6 is 0 Å². The maximum atomic E-state index is 7.20. The van der Waals surface area contributed by atoms with E-state index in [0.717, 1.165) is 90.2 Å². The Labute approximate surface area is 377 Å². The summed E-state index contributed by atoms with van der Waals surface area (Å²) in [7, 11) is 0. The lowest BCUT2D eigenvalue weighted by Crippen LogP contribution is -2.32. The number of anilines is 6. The van der Waals surface area contributed by atoms with Crippen LogP contribution in [-0.4, -0.2) is 0 Å². The zero-order valence-corrected chi connectivity index (χ0v) is 35.3. The number of furan rings is 1. The van der Waals surface area contributed by atoms with Crippen molar-refractivity contribution in [1.29, 1.82) is 0 Å². The minimum atomic E-state index is -0.888. The molecule has 306 valence electrons. The fourth-order valence-corrected chi connectivity index (χ4v) is 10.5. The number of nitrogens with zero attached hydrogens (tertiary/aromatic N) is 2. The average Bonchev–Trinajstić information content (AvgIpc) is 3.89. The van der Waals surface area contributed by atoms with E-state index in [0.29, 0.717) is 0 Å². The first-order valence-electron chi connectivity index (χ1n) is 22.2. The molecule has 0 bridgehead atoms. The first-order valence-corrected chi connectivity index (χ1v) is 22.2. The van der Waals surface area contributed by atoms with Crippen molar-refractivity contribution in [3.05, 3.63) is 265 Å². The summed E-state index contributed by atoms with van der Waals surface area (Å²) < 4.78 is 14.2. The molecule has 0 amide bonds. The molecule has 1 aliphatic carbocycles. The van der Waals surface area contributed by atoms with E-state index in [1.807, 2.05) is 12.1 Å². The Hall–Kier alpha value is -8.60.